The van der Waals surface area contributed by atoms with E-state index < -0.39 is 0 Å². The van der Waals surface area contributed by atoms with Gasteiger partial charge in [0.05, 0.1) is 22.6 Å². The molecule has 0 aliphatic carbocycles. The van der Waals surface area contributed by atoms with Gasteiger partial charge in [-0.1, -0.05) is 60.7 Å². The molecule has 0 unspecified atom stereocenters. The zero-order valence-electron chi connectivity index (χ0n) is 16.2. The first kappa shape index (κ1) is 16.8. The van der Waals surface area contributed by atoms with E-state index in [-0.39, 0.29) is 0 Å². The van der Waals surface area contributed by atoms with Gasteiger partial charge in [-0.3, -0.25) is 9.97 Å². The van der Waals surface area contributed by atoms with Gasteiger partial charge in [0.15, 0.2) is 0 Å². The maximum absolute atomic E-state index is 5.07. The highest BCUT2D eigenvalue weighted by Crippen LogP contribution is 2.37. The van der Waals surface area contributed by atoms with Gasteiger partial charge in [-0.15, -0.1) is 0 Å². The molecule has 0 atom stereocenters. The van der Waals surface area contributed by atoms with Crippen molar-refractivity contribution in [1.82, 2.24) is 15.0 Å². The van der Waals surface area contributed by atoms with Crippen molar-refractivity contribution in [3.05, 3.63) is 103 Å². The molecular formula is C27H17N3. The SMILES string of the molecule is c1ccc(-c2cc(-c3nc4ccccc4c4c3ccc3ccccc34)ccn2)nc1. The lowest BCUT2D eigenvalue weighted by Gasteiger charge is -2.13. The molecule has 0 spiro atoms. The maximum atomic E-state index is 5.07. The van der Waals surface area contributed by atoms with Crippen LogP contribution in [0.1, 0.15) is 0 Å². The molecule has 0 aliphatic heterocycles. The molecule has 6 rings (SSSR count). The summed E-state index contributed by atoms with van der Waals surface area (Å²) in [5, 5.41) is 6.03. The van der Waals surface area contributed by atoms with E-state index in [9.17, 15) is 0 Å². The van der Waals surface area contributed by atoms with Crippen molar-refractivity contribution in [3.8, 4) is 22.6 Å². The van der Waals surface area contributed by atoms with Crippen molar-refractivity contribution in [2.45, 2.75) is 0 Å². The third-order valence-electron chi connectivity index (χ3n) is 5.55. The minimum atomic E-state index is 0.844. The third-order valence-corrected chi connectivity index (χ3v) is 5.55. The van der Waals surface area contributed by atoms with Gasteiger partial charge in [0.1, 0.15) is 0 Å². The molecule has 0 aliphatic rings. The summed E-state index contributed by atoms with van der Waals surface area (Å²) in [4.78, 5) is 14.1. The second-order valence-corrected chi connectivity index (χ2v) is 7.33. The number of benzene rings is 3. The van der Waals surface area contributed by atoms with Crippen LogP contribution in [0.4, 0.5) is 0 Å². The highest BCUT2D eigenvalue weighted by molar-refractivity contribution is 6.22. The van der Waals surface area contributed by atoms with E-state index in [0.717, 1.165) is 33.5 Å². The Morgan fingerprint density at radius 1 is 0.533 bits per heavy atom. The van der Waals surface area contributed by atoms with Crippen molar-refractivity contribution in [3.63, 3.8) is 0 Å². The predicted molar refractivity (Wildman–Crippen MR) is 123 cm³/mol. The summed E-state index contributed by atoms with van der Waals surface area (Å²) in [6, 6.07) is 31.2. The lowest BCUT2D eigenvalue weighted by atomic mass is 9.95. The number of rotatable bonds is 2. The van der Waals surface area contributed by atoms with E-state index in [1.54, 1.807) is 6.20 Å². The smallest absolute Gasteiger partial charge is 0.0892 e. The van der Waals surface area contributed by atoms with Gasteiger partial charge < -0.3 is 0 Å². The van der Waals surface area contributed by atoms with E-state index in [1.807, 2.05) is 36.5 Å². The molecule has 0 saturated carbocycles. The fourth-order valence-electron chi connectivity index (χ4n) is 4.17. The summed E-state index contributed by atoms with van der Waals surface area (Å²) in [5.74, 6) is 0. The van der Waals surface area contributed by atoms with Gasteiger partial charge >= 0.3 is 0 Å². The molecule has 0 bridgehead atoms. The lowest BCUT2D eigenvalue weighted by Crippen LogP contribution is -1.93. The van der Waals surface area contributed by atoms with Crippen LogP contribution in [0.15, 0.2) is 103 Å². The van der Waals surface area contributed by atoms with Crippen LogP contribution in [0.25, 0.3) is 55.1 Å². The average Bonchev–Trinajstić information content (AvgIpc) is 2.84. The summed E-state index contributed by atoms with van der Waals surface area (Å²) in [5.41, 5.74) is 4.70. The normalized spacial score (nSPS) is 11.3. The van der Waals surface area contributed by atoms with Gasteiger partial charge in [-0.2, -0.15) is 0 Å². The number of aromatic nitrogens is 3. The Bertz CT molecular complexity index is 1520. The Kier molecular flexibility index (Phi) is 3.78. The topological polar surface area (TPSA) is 38.7 Å². The first-order chi connectivity index (χ1) is 14.9. The fourth-order valence-corrected chi connectivity index (χ4v) is 4.17. The lowest BCUT2D eigenvalue weighted by molar-refractivity contribution is 1.24. The maximum Gasteiger partial charge on any atom is 0.0892 e. The number of fused-ring (bicyclic) bond motifs is 5. The Morgan fingerprint density at radius 3 is 2.23 bits per heavy atom. The van der Waals surface area contributed by atoms with Crippen LogP contribution >= 0.6 is 0 Å². The second kappa shape index (κ2) is 6.75. The monoisotopic (exact) mass is 383 g/mol. The summed E-state index contributed by atoms with van der Waals surface area (Å²) >= 11 is 0. The predicted octanol–water partition coefficient (Wildman–Crippen LogP) is 6.67. The first-order valence-corrected chi connectivity index (χ1v) is 9.96. The number of para-hydroxylation sites is 1. The molecule has 6 aromatic rings. The number of pyridine rings is 3. The molecule has 0 fully saturated rings. The molecule has 3 aromatic heterocycles. The summed E-state index contributed by atoms with van der Waals surface area (Å²) in [7, 11) is 0. The number of nitrogens with zero attached hydrogens (tertiary/aromatic N) is 3. The Balaban J connectivity index is 1.71. The minimum Gasteiger partial charge on any atom is -0.255 e. The standard InChI is InChI=1S/C27H17N3/c1-2-8-20-18(7-1)12-13-22-26(20)21-9-3-4-10-23(21)30-27(22)19-14-16-29-25(17-19)24-11-5-6-15-28-24/h1-17H. The molecular weight excluding hydrogens is 366 g/mol. The number of hydrogen-bond acceptors (Lipinski definition) is 3. The van der Waals surface area contributed by atoms with Crippen LogP contribution in [-0.4, -0.2) is 15.0 Å². The zero-order valence-corrected chi connectivity index (χ0v) is 16.2. The molecule has 3 heterocycles. The van der Waals surface area contributed by atoms with Crippen LogP contribution in [0.2, 0.25) is 0 Å². The van der Waals surface area contributed by atoms with Crippen molar-refractivity contribution in [1.29, 1.82) is 0 Å². The molecule has 0 amide bonds. The highest BCUT2D eigenvalue weighted by atomic mass is 14.8. The minimum absolute atomic E-state index is 0.844. The van der Waals surface area contributed by atoms with E-state index >= 15 is 0 Å². The van der Waals surface area contributed by atoms with Gasteiger partial charge in [-0.05, 0) is 41.1 Å². The van der Waals surface area contributed by atoms with E-state index in [1.165, 1.54) is 21.5 Å². The molecule has 3 nitrogen and oxygen atoms in total. The van der Waals surface area contributed by atoms with Gasteiger partial charge in [-0.25, -0.2) is 4.98 Å². The van der Waals surface area contributed by atoms with Crippen molar-refractivity contribution in [2.24, 2.45) is 0 Å². The Morgan fingerprint density at radius 2 is 1.33 bits per heavy atom. The summed E-state index contributed by atoms with van der Waals surface area (Å²) in [6.45, 7) is 0. The quantitative estimate of drug-likeness (QED) is 0.314. The largest absolute Gasteiger partial charge is 0.255 e. The molecule has 0 radical (unpaired) electrons. The Labute approximate surface area is 173 Å². The second-order valence-electron chi connectivity index (χ2n) is 7.33. The van der Waals surface area contributed by atoms with Crippen molar-refractivity contribution in [2.75, 3.05) is 0 Å². The van der Waals surface area contributed by atoms with Crippen LogP contribution in [0.5, 0.6) is 0 Å². The van der Waals surface area contributed by atoms with Gasteiger partial charge in [0.2, 0.25) is 0 Å². The first-order valence-electron chi connectivity index (χ1n) is 9.96. The summed E-state index contributed by atoms with van der Waals surface area (Å²) in [6.07, 6.45) is 3.63. The van der Waals surface area contributed by atoms with Crippen LogP contribution < -0.4 is 0 Å². The third kappa shape index (κ3) is 2.64. The zero-order chi connectivity index (χ0) is 19.9. The number of hydrogen-bond donors (Lipinski definition) is 0. The van der Waals surface area contributed by atoms with Crippen LogP contribution in [0, 0.1) is 0 Å². The average molecular weight is 383 g/mol. The van der Waals surface area contributed by atoms with Crippen LogP contribution in [0.3, 0.4) is 0 Å². The van der Waals surface area contributed by atoms with Gasteiger partial charge in [0, 0.05) is 34.1 Å². The molecule has 30 heavy (non-hydrogen) atoms. The fraction of sp³-hybridized carbons (Fsp3) is 0. The summed E-state index contributed by atoms with van der Waals surface area (Å²) < 4.78 is 0. The molecule has 0 saturated heterocycles. The van der Waals surface area contributed by atoms with Gasteiger partial charge in [0.25, 0.3) is 0 Å². The molecule has 0 N–H and O–H groups in total. The molecule has 3 aromatic carbocycles. The Hall–Kier alpha value is -4.11. The highest BCUT2D eigenvalue weighted by Gasteiger charge is 2.13. The van der Waals surface area contributed by atoms with Crippen molar-refractivity contribution < 1.29 is 0 Å². The van der Waals surface area contributed by atoms with E-state index in [2.05, 4.69) is 70.6 Å². The van der Waals surface area contributed by atoms with Crippen molar-refractivity contribution >= 4 is 32.4 Å². The molecule has 140 valence electrons. The van der Waals surface area contributed by atoms with E-state index in [4.69, 9.17) is 4.98 Å². The molecule has 3 heteroatoms. The van der Waals surface area contributed by atoms with Crippen LogP contribution in [-0.2, 0) is 0 Å². The van der Waals surface area contributed by atoms with E-state index in [0.29, 0.717) is 0 Å².